The second kappa shape index (κ2) is 6.51. The first-order valence-electron chi connectivity index (χ1n) is 6.44. The highest BCUT2D eigenvalue weighted by Gasteiger charge is 2.37. The molecule has 0 aromatic heterocycles. The van der Waals surface area contributed by atoms with E-state index in [1.807, 2.05) is 0 Å². The topological polar surface area (TPSA) is 121 Å². The Morgan fingerprint density at radius 3 is 2.50 bits per heavy atom. The van der Waals surface area contributed by atoms with Crippen molar-refractivity contribution in [3.8, 4) is 0 Å². The van der Waals surface area contributed by atoms with Gasteiger partial charge in [0.15, 0.2) is 0 Å². The van der Waals surface area contributed by atoms with Gasteiger partial charge in [-0.1, -0.05) is 0 Å². The molecule has 0 aliphatic carbocycles. The molecule has 9 heteroatoms. The van der Waals surface area contributed by atoms with E-state index in [1.54, 1.807) is 13.8 Å². The Bertz CT molecular complexity index is 476. The van der Waals surface area contributed by atoms with Crippen molar-refractivity contribution in [2.24, 2.45) is 11.7 Å². The molecule has 0 aromatic rings. The summed E-state index contributed by atoms with van der Waals surface area (Å²) in [6.07, 6.45) is 0.942. The van der Waals surface area contributed by atoms with Gasteiger partial charge in [-0.15, -0.1) is 0 Å². The smallest absolute Gasteiger partial charge is 0.307 e. The van der Waals surface area contributed by atoms with Crippen LogP contribution in [0.1, 0.15) is 26.7 Å². The monoisotopic (exact) mass is 307 g/mol. The maximum Gasteiger partial charge on any atom is 0.307 e. The average Bonchev–Trinajstić information content (AvgIpc) is 2.35. The Labute approximate surface area is 118 Å². The molecule has 1 amide bonds. The molecule has 1 aliphatic rings. The second-order valence-corrected chi connectivity index (χ2v) is 7.03. The van der Waals surface area contributed by atoms with Gasteiger partial charge >= 0.3 is 5.97 Å². The zero-order chi connectivity index (χ0) is 15.5. The lowest BCUT2D eigenvalue weighted by Gasteiger charge is -2.35. The third-order valence-corrected chi connectivity index (χ3v) is 5.37. The van der Waals surface area contributed by atoms with Gasteiger partial charge in [0.25, 0.3) is 10.2 Å². The van der Waals surface area contributed by atoms with Gasteiger partial charge in [0.1, 0.15) is 0 Å². The minimum atomic E-state index is -3.88. The SMILES string of the molecule is CC(C)N(CC(N)=O)S(=O)(=O)N1CCCC(C(=O)O)C1. The Hall–Kier alpha value is -1.19. The molecule has 0 saturated carbocycles. The molecule has 8 nitrogen and oxygen atoms in total. The number of primary amides is 1. The van der Waals surface area contributed by atoms with E-state index in [-0.39, 0.29) is 13.1 Å². The molecule has 1 atom stereocenters. The second-order valence-electron chi connectivity index (χ2n) is 5.15. The Morgan fingerprint density at radius 2 is 2.05 bits per heavy atom. The molecule has 1 heterocycles. The molecule has 1 aliphatic heterocycles. The van der Waals surface area contributed by atoms with Crippen LogP contribution in [0.4, 0.5) is 0 Å². The van der Waals surface area contributed by atoms with E-state index in [4.69, 9.17) is 10.8 Å². The lowest BCUT2D eigenvalue weighted by Crippen LogP contribution is -2.53. The largest absolute Gasteiger partial charge is 0.481 e. The number of carbonyl (C=O) groups is 2. The van der Waals surface area contributed by atoms with E-state index in [9.17, 15) is 18.0 Å². The number of carboxylic acid groups (broad SMARTS) is 1. The highest BCUT2D eigenvalue weighted by Crippen LogP contribution is 2.22. The molecule has 0 radical (unpaired) electrons. The number of hydrogen-bond donors (Lipinski definition) is 2. The van der Waals surface area contributed by atoms with Crippen LogP contribution in [-0.4, -0.2) is 59.7 Å². The molecule has 1 fully saturated rings. The summed E-state index contributed by atoms with van der Waals surface area (Å²) in [4.78, 5) is 22.0. The number of hydrogen-bond acceptors (Lipinski definition) is 4. The van der Waals surface area contributed by atoms with Crippen LogP contribution in [0.15, 0.2) is 0 Å². The maximum absolute atomic E-state index is 12.5. The highest BCUT2D eigenvalue weighted by atomic mass is 32.2. The third kappa shape index (κ3) is 3.90. The molecule has 1 unspecified atom stereocenters. The fourth-order valence-corrected chi connectivity index (χ4v) is 4.03. The minimum absolute atomic E-state index is 0.0698. The standard InChI is InChI=1S/C11H21N3O5S/c1-8(2)14(7-10(12)15)20(18,19)13-5-3-4-9(6-13)11(16)17/h8-9H,3-7H2,1-2H3,(H2,12,15)(H,16,17). The van der Waals surface area contributed by atoms with E-state index in [1.165, 1.54) is 0 Å². The van der Waals surface area contributed by atoms with Crippen molar-refractivity contribution < 1.29 is 23.1 Å². The predicted molar refractivity (Wildman–Crippen MR) is 71.9 cm³/mol. The molecule has 0 bridgehead atoms. The Balaban J connectivity index is 2.95. The summed E-state index contributed by atoms with van der Waals surface area (Å²) >= 11 is 0. The molecule has 0 spiro atoms. The van der Waals surface area contributed by atoms with Crippen LogP contribution in [0.5, 0.6) is 0 Å². The molecule has 3 N–H and O–H groups in total. The van der Waals surface area contributed by atoms with Gasteiger partial charge in [0.05, 0.1) is 12.5 Å². The molecule has 116 valence electrons. The summed E-state index contributed by atoms with van der Waals surface area (Å²) in [5.74, 6) is -2.45. The van der Waals surface area contributed by atoms with Crippen molar-refractivity contribution in [3.05, 3.63) is 0 Å². The van der Waals surface area contributed by atoms with Gasteiger partial charge in [-0.05, 0) is 26.7 Å². The minimum Gasteiger partial charge on any atom is -0.481 e. The van der Waals surface area contributed by atoms with Crippen LogP contribution in [-0.2, 0) is 19.8 Å². The van der Waals surface area contributed by atoms with Crippen molar-refractivity contribution in [2.75, 3.05) is 19.6 Å². The van der Waals surface area contributed by atoms with Gasteiger partial charge in [0, 0.05) is 19.1 Å². The summed E-state index contributed by atoms with van der Waals surface area (Å²) in [6.45, 7) is 3.06. The molecular weight excluding hydrogens is 286 g/mol. The van der Waals surface area contributed by atoms with E-state index in [0.717, 1.165) is 8.61 Å². The summed E-state index contributed by atoms with van der Waals surface area (Å²) in [5.41, 5.74) is 5.08. The third-order valence-electron chi connectivity index (χ3n) is 3.24. The van der Waals surface area contributed by atoms with Crippen LogP contribution < -0.4 is 5.73 Å². The fraction of sp³-hybridized carbons (Fsp3) is 0.818. The quantitative estimate of drug-likeness (QED) is 0.667. The van der Waals surface area contributed by atoms with Gasteiger partial charge in [-0.3, -0.25) is 9.59 Å². The van der Waals surface area contributed by atoms with Crippen LogP contribution >= 0.6 is 0 Å². The van der Waals surface area contributed by atoms with Crippen LogP contribution in [0.2, 0.25) is 0 Å². The molecule has 1 saturated heterocycles. The van der Waals surface area contributed by atoms with Gasteiger partial charge in [0.2, 0.25) is 5.91 Å². The first-order chi connectivity index (χ1) is 9.16. The van der Waals surface area contributed by atoms with Gasteiger partial charge in [-0.2, -0.15) is 17.0 Å². The van der Waals surface area contributed by atoms with Gasteiger partial charge in [-0.25, -0.2) is 0 Å². The lowest BCUT2D eigenvalue weighted by molar-refractivity contribution is -0.143. The number of nitrogens with two attached hydrogens (primary N) is 1. The number of piperidine rings is 1. The van der Waals surface area contributed by atoms with Crippen LogP contribution in [0.3, 0.4) is 0 Å². The number of carbonyl (C=O) groups excluding carboxylic acids is 1. The summed E-state index contributed by atoms with van der Waals surface area (Å²) in [7, 11) is -3.88. The zero-order valence-electron chi connectivity index (χ0n) is 11.7. The van der Waals surface area contributed by atoms with Crippen LogP contribution in [0, 0.1) is 5.92 Å². The predicted octanol–water partition coefficient (Wildman–Crippen LogP) is -0.776. The van der Waals surface area contributed by atoms with Crippen LogP contribution in [0.25, 0.3) is 0 Å². The van der Waals surface area contributed by atoms with Crippen molar-refractivity contribution in [2.45, 2.75) is 32.7 Å². The number of rotatable bonds is 6. The maximum atomic E-state index is 12.5. The van der Waals surface area contributed by atoms with E-state index >= 15 is 0 Å². The molecular formula is C11H21N3O5S. The summed E-state index contributed by atoms with van der Waals surface area (Å²) in [5, 5.41) is 9.01. The number of aliphatic carboxylic acids is 1. The van der Waals surface area contributed by atoms with E-state index < -0.39 is 40.6 Å². The number of amides is 1. The number of carboxylic acids is 1. The molecule has 20 heavy (non-hydrogen) atoms. The normalized spacial score (nSPS) is 21.3. The number of nitrogens with zero attached hydrogens (tertiary/aromatic N) is 2. The Kier molecular flexibility index (Phi) is 5.49. The van der Waals surface area contributed by atoms with Crippen molar-refractivity contribution in [3.63, 3.8) is 0 Å². The Morgan fingerprint density at radius 1 is 1.45 bits per heavy atom. The first kappa shape index (κ1) is 16.9. The van der Waals surface area contributed by atoms with Gasteiger partial charge < -0.3 is 10.8 Å². The van der Waals surface area contributed by atoms with Crippen molar-refractivity contribution >= 4 is 22.1 Å². The lowest BCUT2D eigenvalue weighted by atomic mass is 10.0. The fourth-order valence-electron chi connectivity index (χ4n) is 2.19. The van der Waals surface area contributed by atoms with E-state index in [2.05, 4.69) is 0 Å². The first-order valence-corrected chi connectivity index (χ1v) is 7.84. The summed E-state index contributed by atoms with van der Waals surface area (Å²) in [6, 6.07) is -0.433. The van der Waals surface area contributed by atoms with Crippen molar-refractivity contribution in [1.29, 1.82) is 0 Å². The zero-order valence-corrected chi connectivity index (χ0v) is 12.5. The summed E-state index contributed by atoms with van der Waals surface area (Å²) < 4.78 is 27.1. The highest BCUT2D eigenvalue weighted by molar-refractivity contribution is 7.86. The molecule has 1 rings (SSSR count). The molecule has 0 aromatic carbocycles. The van der Waals surface area contributed by atoms with Crippen molar-refractivity contribution in [1.82, 2.24) is 8.61 Å². The average molecular weight is 307 g/mol. The van der Waals surface area contributed by atoms with E-state index in [0.29, 0.717) is 12.8 Å².